The molecule has 1 fully saturated rings. The SMILES string of the molecule is Cc1cc(C)n(-c2ccc(Cl)c(C(=O)OC(C)C(=O)NC(=O)NC3CC3)n2)n1. The zero-order valence-electron chi connectivity index (χ0n) is 15.7. The van der Waals surface area contributed by atoms with Crippen LogP contribution in [0.5, 0.6) is 0 Å². The van der Waals surface area contributed by atoms with Gasteiger partial charge in [0.1, 0.15) is 0 Å². The lowest BCUT2D eigenvalue weighted by molar-refractivity contribution is -0.127. The molecule has 28 heavy (non-hydrogen) atoms. The lowest BCUT2D eigenvalue weighted by Gasteiger charge is -2.14. The van der Waals surface area contributed by atoms with E-state index in [4.69, 9.17) is 16.3 Å². The molecule has 2 aromatic heterocycles. The van der Waals surface area contributed by atoms with Crippen LogP contribution < -0.4 is 10.6 Å². The monoisotopic (exact) mass is 405 g/mol. The molecule has 2 N–H and O–H groups in total. The van der Waals surface area contributed by atoms with Crippen LogP contribution in [0.25, 0.3) is 5.82 Å². The van der Waals surface area contributed by atoms with E-state index in [-0.39, 0.29) is 16.8 Å². The first kappa shape index (κ1) is 19.8. The van der Waals surface area contributed by atoms with Crippen molar-refractivity contribution in [3.63, 3.8) is 0 Å². The van der Waals surface area contributed by atoms with E-state index in [2.05, 4.69) is 20.7 Å². The highest BCUT2D eigenvalue weighted by molar-refractivity contribution is 6.33. The quantitative estimate of drug-likeness (QED) is 0.736. The molecule has 0 spiro atoms. The van der Waals surface area contributed by atoms with Gasteiger partial charge in [-0.05, 0) is 51.8 Å². The number of hydrogen-bond acceptors (Lipinski definition) is 6. The molecule has 1 saturated carbocycles. The summed E-state index contributed by atoms with van der Waals surface area (Å²) in [5, 5.41) is 9.14. The molecule has 0 radical (unpaired) electrons. The lowest BCUT2D eigenvalue weighted by Crippen LogP contribution is -2.45. The summed E-state index contributed by atoms with van der Waals surface area (Å²) in [5.74, 6) is -1.22. The fraction of sp³-hybridized carbons (Fsp3) is 0.389. The van der Waals surface area contributed by atoms with Gasteiger partial charge in [-0.2, -0.15) is 5.10 Å². The second kappa shape index (κ2) is 7.97. The molecule has 1 unspecified atom stereocenters. The van der Waals surface area contributed by atoms with Gasteiger partial charge in [-0.15, -0.1) is 0 Å². The highest BCUT2D eigenvalue weighted by Crippen LogP contribution is 2.19. The van der Waals surface area contributed by atoms with Crippen molar-refractivity contribution >= 4 is 29.5 Å². The number of ether oxygens (including phenoxy) is 1. The van der Waals surface area contributed by atoms with Crippen molar-refractivity contribution < 1.29 is 19.1 Å². The molecule has 1 aliphatic carbocycles. The smallest absolute Gasteiger partial charge is 0.359 e. The Balaban J connectivity index is 1.69. The Morgan fingerprint density at radius 3 is 2.61 bits per heavy atom. The molecular formula is C18H20ClN5O4. The maximum atomic E-state index is 12.4. The number of nitrogens with zero attached hydrogens (tertiary/aromatic N) is 3. The van der Waals surface area contributed by atoms with Crippen LogP contribution in [-0.2, 0) is 9.53 Å². The van der Waals surface area contributed by atoms with Crippen molar-refractivity contribution in [3.8, 4) is 5.82 Å². The maximum absolute atomic E-state index is 12.4. The molecule has 1 atom stereocenters. The average Bonchev–Trinajstić information content (AvgIpc) is 3.37. The Morgan fingerprint density at radius 1 is 1.29 bits per heavy atom. The van der Waals surface area contributed by atoms with Gasteiger partial charge in [-0.1, -0.05) is 11.6 Å². The summed E-state index contributed by atoms with van der Waals surface area (Å²) in [7, 11) is 0. The summed E-state index contributed by atoms with van der Waals surface area (Å²) in [6.45, 7) is 5.05. The molecule has 0 aromatic carbocycles. The van der Waals surface area contributed by atoms with Crippen molar-refractivity contribution in [3.05, 3.63) is 40.3 Å². The zero-order valence-corrected chi connectivity index (χ0v) is 16.4. The number of imide groups is 1. The van der Waals surface area contributed by atoms with Crippen molar-refractivity contribution in [2.75, 3.05) is 0 Å². The summed E-state index contributed by atoms with van der Waals surface area (Å²) < 4.78 is 6.69. The largest absolute Gasteiger partial charge is 0.448 e. The van der Waals surface area contributed by atoms with Crippen LogP contribution in [0.2, 0.25) is 5.02 Å². The first-order chi connectivity index (χ1) is 13.2. The predicted molar refractivity (Wildman–Crippen MR) is 100 cm³/mol. The van der Waals surface area contributed by atoms with Crippen molar-refractivity contribution in [1.29, 1.82) is 0 Å². The number of urea groups is 1. The van der Waals surface area contributed by atoms with Gasteiger partial charge >= 0.3 is 12.0 Å². The summed E-state index contributed by atoms with van der Waals surface area (Å²) in [5.41, 5.74) is 1.49. The summed E-state index contributed by atoms with van der Waals surface area (Å²) in [6.07, 6.45) is 0.580. The minimum absolute atomic E-state index is 0.0781. The molecule has 148 valence electrons. The molecular weight excluding hydrogens is 386 g/mol. The van der Waals surface area contributed by atoms with E-state index in [0.717, 1.165) is 24.2 Å². The molecule has 10 heteroatoms. The normalized spacial score (nSPS) is 14.3. The summed E-state index contributed by atoms with van der Waals surface area (Å²) >= 11 is 6.08. The number of amides is 3. The van der Waals surface area contributed by atoms with E-state index in [1.807, 2.05) is 19.9 Å². The van der Waals surface area contributed by atoms with E-state index in [0.29, 0.717) is 5.82 Å². The molecule has 0 aliphatic heterocycles. The van der Waals surface area contributed by atoms with Crippen LogP contribution in [0.15, 0.2) is 18.2 Å². The number of aromatic nitrogens is 3. The van der Waals surface area contributed by atoms with Crippen LogP contribution in [0.3, 0.4) is 0 Å². The van der Waals surface area contributed by atoms with Crippen LogP contribution in [-0.4, -0.2) is 44.8 Å². The van der Waals surface area contributed by atoms with Crippen LogP contribution >= 0.6 is 11.6 Å². The van der Waals surface area contributed by atoms with Gasteiger partial charge in [0, 0.05) is 11.7 Å². The summed E-state index contributed by atoms with van der Waals surface area (Å²) in [4.78, 5) is 40.3. The highest BCUT2D eigenvalue weighted by Gasteiger charge is 2.27. The number of halogens is 1. The van der Waals surface area contributed by atoms with Crippen LogP contribution in [0.4, 0.5) is 4.79 Å². The number of aryl methyl sites for hydroxylation is 2. The van der Waals surface area contributed by atoms with Gasteiger partial charge in [0.05, 0.1) is 10.7 Å². The average molecular weight is 406 g/mol. The third-order valence-electron chi connectivity index (χ3n) is 4.05. The first-order valence-electron chi connectivity index (χ1n) is 8.77. The molecule has 0 bridgehead atoms. The number of carbonyl (C=O) groups excluding carboxylic acids is 3. The fourth-order valence-electron chi connectivity index (χ4n) is 2.49. The maximum Gasteiger partial charge on any atom is 0.359 e. The Bertz CT molecular complexity index is 938. The van der Waals surface area contributed by atoms with Crippen molar-refractivity contribution in [2.24, 2.45) is 0 Å². The van der Waals surface area contributed by atoms with E-state index in [1.54, 1.807) is 10.7 Å². The third kappa shape index (κ3) is 4.66. The molecule has 2 aromatic rings. The number of esters is 1. The van der Waals surface area contributed by atoms with Crippen molar-refractivity contribution in [1.82, 2.24) is 25.4 Å². The second-order valence-electron chi connectivity index (χ2n) is 6.62. The first-order valence-corrected chi connectivity index (χ1v) is 9.15. The van der Waals surface area contributed by atoms with Crippen LogP contribution in [0.1, 0.15) is 41.6 Å². The molecule has 1 aliphatic rings. The Kier molecular flexibility index (Phi) is 5.64. The number of pyridine rings is 1. The van der Waals surface area contributed by atoms with E-state index < -0.39 is 24.0 Å². The van der Waals surface area contributed by atoms with Crippen molar-refractivity contribution in [2.45, 2.75) is 45.8 Å². The highest BCUT2D eigenvalue weighted by atomic mass is 35.5. The topological polar surface area (TPSA) is 115 Å². The summed E-state index contributed by atoms with van der Waals surface area (Å²) in [6, 6.07) is 4.48. The Hall–Kier alpha value is -2.94. The van der Waals surface area contributed by atoms with Gasteiger partial charge in [-0.3, -0.25) is 10.1 Å². The number of carbonyl (C=O) groups is 3. The number of nitrogens with one attached hydrogen (secondary N) is 2. The fourth-order valence-corrected chi connectivity index (χ4v) is 2.67. The third-order valence-corrected chi connectivity index (χ3v) is 4.36. The minimum atomic E-state index is -1.20. The number of hydrogen-bond donors (Lipinski definition) is 2. The minimum Gasteiger partial charge on any atom is -0.448 e. The molecule has 9 nitrogen and oxygen atoms in total. The van der Waals surface area contributed by atoms with E-state index >= 15 is 0 Å². The second-order valence-corrected chi connectivity index (χ2v) is 7.03. The van der Waals surface area contributed by atoms with Gasteiger partial charge in [-0.25, -0.2) is 19.3 Å². The van der Waals surface area contributed by atoms with Gasteiger partial charge in [0.2, 0.25) is 0 Å². The zero-order chi connectivity index (χ0) is 20.4. The van der Waals surface area contributed by atoms with Gasteiger partial charge < -0.3 is 10.1 Å². The standard InChI is InChI=1S/C18H20ClN5O4/c1-9-8-10(2)24(23-9)14-7-6-13(19)15(21-14)17(26)28-11(3)16(25)22-18(27)20-12-4-5-12/h6-8,11-12H,4-5H2,1-3H3,(H2,20,22,25,27). The Labute approximate surface area is 166 Å². The molecule has 0 saturated heterocycles. The van der Waals surface area contributed by atoms with E-state index in [1.165, 1.54) is 13.0 Å². The van der Waals surface area contributed by atoms with E-state index in [9.17, 15) is 14.4 Å². The predicted octanol–water partition coefficient (Wildman–Crippen LogP) is 2.07. The van der Waals surface area contributed by atoms with Gasteiger partial charge in [0.25, 0.3) is 5.91 Å². The van der Waals surface area contributed by atoms with Gasteiger partial charge in [0.15, 0.2) is 17.6 Å². The molecule has 3 amide bonds. The molecule has 2 heterocycles. The Morgan fingerprint density at radius 2 is 2.00 bits per heavy atom. The lowest BCUT2D eigenvalue weighted by atomic mass is 10.3. The molecule has 3 rings (SSSR count). The number of rotatable bonds is 5. The van der Waals surface area contributed by atoms with Crippen LogP contribution in [0, 0.1) is 13.8 Å².